The van der Waals surface area contributed by atoms with Crippen molar-refractivity contribution in [2.24, 2.45) is 7.05 Å². The maximum absolute atomic E-state index is 12.4. The van der Waals surface area contributed by atoms with E-state index in [0.717, 1.165) is 10.0 Å². The summed E-state index contributed by atoms with van der Waals surface area (Å²) in [7, 11) is 1.71. The van der Waals surface area contributed by atoms with Gasteiger partial charge < -0.3 is 4.42 Å². The molecule has 0 bridgehead atoms. The van der Waals surface area contributed by atoms with Crippen molar-refractivity contribution in [2.75, 3.05) is 0 Å². The lowest BCUT2D eigenvalue weighted by Gasteiger charge is -2.07. The average molecular weight is 429 g/mol. The first-order valence-corrected chi connectivity index (χ1v) is 9.57. The Kier molecular flexibility index (Phi) is 4.60. The Labute approximate surface area is 161 Å². The summed E-state index contributed by atoms with van der Waals surface area (Å²) in [5.41, 5.74) is 1.45. The maximum Gasteiger partial charge on any atom is 0.261 e. The molecule has 0 fully saturated rings. The Morgan fingerprint density at radius 1 is 1.12 bits per heavy atom. The van der Waals surface area contributed by atoms with Crippen LogP contribution in [0.15, 0.2) is 67.4 Å². The third-order valence-corrected chi connectivity index (χ3v) is 5.54. The molecule has 0 saturated heterocycles. The Morgan fingerprint density at radius 2 is 1.88 bits per heavy atom. The van der Waals surface area contributed by atoms with Crippen molar-refractivity contribution in [3.8, 4) is 11.5 Å². The molecule has 2 aromatic carbocycles. The molecule has 0 atom stereocenters. The molecule has 130 valence electrons. The fourth-order valence-electron chi connectivity index (χ4n) is 2.51. The van der Waals surface area contributed by atoms with Crippen LogP contribution < -0.4 is 5.56 Å². The average Bonchev–Trinajstić information content (AvgIpc) is 3.13. The fourth-order valence-corrected chi connectivity index (χ4v) is 3.77. The van der Waals surface area contributed by atoms with E-state index < -0.39 is 0 Å². The summed E-state index contributed by atoms with van der Waals surface area (Å²) >= 11 is 4.86. The van der Waals surface area contributed by atoms with E-state index in [2.05, 4.69) is 31.1 Å². The summed E-state index contributed by atoms with van der Waals surface area (Å²) in [5.74, 6) is 1.35. The van der Waals surface area contributed by atoms with E-state index in [9.17, 15) is 4.79 Å². The van der Waals surface area contributed by atoms with Gasteiger partial charge in [-0.05, 0) is 40.2 Å². The van der Waals surface area contributed by atoms with Crippen LogP contribution >= 0.6 is 27.7 Å². The predicted molar refractivity (Wildman–Crippen MR) is 104 cm³/mol. The van der Waals surface area contributed by atoms with Gasteiger partial charge in [0.1, 0.15) is 0 Å². The molecule has 8 heteroatoms. The molecule has 26 heavy (non-hydrogen) atoms. The molecule has 0 aliphatic rings. The van der Waals surface area contributed by atoms with E-state index in [-0.39, 0.29) is 5.56 Å². The minimum Gasteiger partial charge on any atom is -0.420 e. The minimum atomic E-state index is -0.0717. The lowest BCUT2D eigenvalue weighted by molar-refractivity contribution is 0.528. The van der Waals surface area contributed by atoms with Crippen LogP contribution in [0.4, 0.5) is 0 Å². The van der Waals surface area contributed by atoms with Gasteiger partial charge in [0.25, 0.3) is 5.56 Å². The molecular weight excluding hydrogens is 416 g/mol. The van der Waals surface area contributed by atoms with Gasteiger partial charge in [0, 0.05) is 11.5 Å². The van der Waals surface area contributed by atoms with Crippen LogP contribution in [-0.2, 0) is 12.8 Å². The molecule has 0 radical (unpaired) electrons. The first-order valence-electron chi connectivity index (χ1n) is 7.79. The van der Waals surface area contributed by atoms with Gasteiger partial charge in [-0.15, -0.1) is 10.2 Å². The molecule has 2 aromatic heterocycles. The van der Waals surface area contributed by atoms with Gasteiger partial charge in [0.15, 0.2) is 5.16 Å². The first kappa shape index (κ1) is 17.0. The van der Waals surface area contributed by atoms with Crippen LogP contribution in [0.1, 0.15) is 5.89 Å². The minimum absolute atomic E-state index is 0.0717. The number of nitrogens with zero attached hydrogens (tertiary/aromatic N) is 4. The van der Waals surface area contributed by atoms with E-state index in [1.165, 1.54) is 16.3 Å². The molecule has 4 aromatic rings. The molecule has 0 aliphatic heterocycles. The zero-order valence-electron chi connectivity index (χ0n) is 13.7. The van der Waals surface area contributed by atoms with Crippen molar-refractivity contribution >= 4 is 38.6 Å². The van der Waals surface area contributed by atoms with Crippen LogP contribution in [0, 0.1) is 0 Å². The zero-order chi connectivity index (χ0) is 18.1. The third-order valence-electron chi connectivity index (χ3n) is 3.84. The van der Waals surface area contributed by atoms with Crippen molar-refractivity contribution in [3.05, 3.63) is 69.2 Å². The van der Waals surface area contributed by atoms with Crippen LogP contribution in [0.2, 0.25) is 0 Å². The van der Waals surface area contributed by atoms with Crippen molar-refractivity contribution in [1.82, 2.24) is 19.7 Å². The highest BCUT2D eigenvalue weighted by Crippen LogP contribution is 2.28. The monoisotopic (exact) mass is 428 g/mol. The maximum atomic E-state index is 12.4. The summed E-state index contributed by atoms with van der Waals surface area (Å²) < 4.78 is 8.17. The Balaban J connectivity index is 1.59. The molecule has 4 rings (SSSR count). The number of para-hydroxylation sites is 1. The van der Waals surface area contributed by atoms with E-state index in [1.54, 1.807) is 13.1 Å². The lowest BCUT2D eigenvalue weighted by Crippen LogP contribution is -2.19. The molecule has 0 amide bonds. The SMILES string of the molecule is Cn1c(SCc2nnc(-c3ccccc3Br)o2)nc2ccccc2c1=O. The Hall–Kier alpha value is -2.45. The van der Waals surface area contributed by atoms with Gasteiger partial charge in [0.2, 0.25) is 11.8 Å². The summed E-state index contributed by atoms with van der Waals surface area (Å²) in [6, 6.07) is 15.0. The number of hydrogen-bond acceptors (Lipinski definition) is 6. The number of fused-ring (bicyclic) bond motifs is 1. The van der Waals surface area contributed by atoms with E-state index in [0.29, 0.717) is 33.6 Å². The highest BCUT2D eigenvalue weighted by molar-refractivity contribution is 9.10. The predicted octanol–water partition coefficient (Wildman–Crippen LogP) is 4.04. The summed E-state index contributed by atoms with van der Waals surface area (Å²) in [6.45, 7) is 0. The Bertz CT molecular complexity index is 1160. The van der Waals surface area contributed by atoms with Crippen LogP contribution in [0.3, 0.4) is 0 Å². The number of aromatic nitrogens is 4. The largest absolute Gasteiger partial charge is 0.420 e. The number of hydrogen-bond donors (Lipinski definition) is 0. The highest BCUT2D eigenvalue weighted by Gasteiger charge is 2.13. The van der Waals surface area contributed by atoms with Crippen LogP contribution in [0.25, 0.3) is 22.4 Å². The van der Waals surface area contributed by atoms with Crippen LogP contribution in [-0.4, -0.2) is 19.7 Å². The summed E-state index contributed by atoms with van der Waals surface area (Å²) in [5, 5.41) is 9.40. The smallest absolute Gasteiger partial charge is 0.261 e. The number of thioether (sulfide) groups is 1. The number of benzene rings is 2. The lowest BCUT2D eigenvalue weighted by atomic mass is 10.2. The second kappa shape index (κ2) is 7.05. The summed E-state index contributed by atoms with van der Waals surface area (Å²) in [6.07, 6.45) is 0. The Morgan fingerprint density at radius 3 is 2.73 bits per heavy atom. The second-order valence-corrected chi connectivity index (χ2v) is 7.34. The van der Waals surface area contributed by atoms with Crippen molar-refractivity contribution in [2.45, 2.75) is 10.9 Å². The van der Waals surface area contributed by atoms with Crippen molar-refractivity contribution in [3.63, 3.8) is 0 Å². The molecule has 0 aliphatic carbocycles. The van der Waals surface area contributed by atoms with Crippen molar-refractivity contribution < 1.29 is 4.42 Å². The molecule has 6 nitrogen and oxygen atoms in total. The van der Waals surface area contributed by atoms with E-state index in [4.69, 9.17) is 4.42 Å². The van der Waals surface area contributed by atoms with Gasteiger partial charge in [-0.2, -0.15) is 0 Å². The second-order valence-electron chi connectivity index (χ2n) is 5.55. The van der Waals surface area contributed by atoms with Crippen LogP contribution in [0.5, 0.6) is 0 Å². The van der Waals surface area contributed by atoms with Gasteiger partial charge in [-0.3, -0.25) is 9.36 Å². The molecular formula is C18H13BrN4O2S. The molecule has 0 N–H and O–H groups in total. The first-order chi connectivity index (χ1) is 12.6. The molecule has 2 heterocycles. The quantitative estimate of drug-likeness (QED) is 0.360. The van der Waals surface area contributed by atoms with Gasteiger partial charge in [-0.1, -0.05) is 36.0 Å². The molecule has 0 saturated carbocycles. The number of halogens is 1. The van der Waals surface area contributed by atoms with Crippen molar-refractivity contribution in [1.29, 1.82) is 0 Å². The number of rotatable bonds is 4. The van der Waals surface area contributed by atoms with Gasteiger partial charge >= 0.3 is 0 Å². The topological polar surface area (TPSA) is 73.8 Å². The molecule has 0 spiro atoms. The van der Waals surface area contributed by atoms with E-state index >= 15 is 0 Å². The highest BCUT2D eigenvalue weighted by atomic mass is 79.9. The van der Waals surface area contributed by atoms with Gasteiger partial charge in [-0.25, -0.2) is 4.98 Å². The molecule has 0 unspecified atom stereocenters. The van der Waals surface area contributed by atoms with E-state index in [1.807, 2.05) is 42.5 Å². The third kappa shape index (κ3) is 3.17. The van der Waals surface area contributed by atoms with Gasteiger partial charge in [0.05, 0.1) is 22.2 Å². The fraction of sp³-hybridized carbons (Fsp3) is 0.111. The summed E-state index contributed by atoms with van der Waals surface area (Å²) in [4.78, 5) is 17.0. The zero-order valence-corrected chi connectivity index (χ0v) is 16.1. The standard InChI is InChI=1S/C18H13BrN4O2S/c1-23-17(24)12-7-3-5-9-14(12)20-18(23)26-10-15-21-22-16(25-15)11-6-2-4-8-13(11)19/h2-9H,10H2,1H3. The normalized spacial score (nSPS) is 11.2.